The number of carbonyl (C=O) groups is 2. The molecule has 0 radical (unpaired) electrons. The summed E-state index contributed by atoms with van der Waals surface area (Å²) in [5, 5.41) is 0.302. The van der Waals surface area contributed by atoms with Crippen molar-refractivity contribution in [2.45, 2.75) is 34.3 Å². The van der Waals surface area contributed by atoms with Gasteiger partial charge in [0.2, 0.25) is 0 Å². The largest absolute Gasteiger partial charge is 0.497 e. The third-order valence-corrected chi connectivity index (χ3v) is 4.89. The first-order chi connectivity index (χ1) is 14.8. The smallest absolute Gasteiger partial charge is 0.338 e. The van der Waals surface area contributed by atoms with Crippen molar-refractivity contribution in [2.75, 3.05) is 13.7 Å². The van der Waals surface area contributed by atoms with Gasteiger partial charge in [-0.05, 0) is 62.2 Å². The number of esters is 2. The maximum absolute atomic E-state index is 13.6. The second kappa shape index (κ2) is 8.99. The molecule has 3 rings (SSSR count). The third-order valence-electron chi connectivity index (χ3n) is 4.89. The summed E-state index contributed by atoms with van der Waals surface area (Å²) in [6.07, 6.45) is 0. The number of benzene rings is 2. The maximum atomic E-state index is 13.6. The molecule has 0 saturated heterocycles. The minimum atomic E-state index is -0.487. The van der Waals surface area contributed by atoms with E-state index in [4.69, 9.17) is 14.2 Å². The van der Waals surface area contributed by atoms with Crippen molar-refractivity contribution in [1.29, 1.82) is 0 Å². The van der Waals surface area contributed by atoms with Crippen LogP contribution in [-0.2, 0) is 20.9 Å². The van der Waals surface area contributed by atoms with Gasteiger partial charge in [-0.25, -0.2) is 9.78 Å². The number of hydrogen-bond donors (Lipinski definition) is 0. The van der Waals surface area contributed by atoms with Crippen molar-refractivity contribution in [1.82, 2.24) is 9.55 Å². The van der Waals surface area contributed by atoms with Crippen LogP contribution < -0.4 is 10.3 Å². The standard InChI is InChI=1S/C23H24N2O6/c1-6-30-23(28)20-13(2)11-18-21(14(20)3)22(27)25(19(24-18)12-31-15(4)26)16-7-9-17(29-5)10-8-16/h7-11H,6,12H2,1-5H3. The summed E-state index contributed by atoms with van der Waals surface area (Å²) in [6.45, 7) is 6.53. The Kier molecular flexibility index (Phi) is 6.39. The average Bonchev–Trinajstić information content (AvgIpc) is 2.72. The Morgan fingerprint density at radius 2 is 1.77 bits per heavy atom. The first-order valence-electron chi connectivity index (χ1n) is 9.79. The Morgan fingerprint density at radius 3 is 2.35 bits per heavy atom. The number of methoxy groups -OCH3 is 1. The number of nitrogens with zero attached hydrogens (tertiary/aromatic N) is 2. The maximum Gasteiger partial charge on any atom is 0.338 e. The SMILES string of the molecule is CCOC(=O)c1c(C)cc2nc(COC(C)=O)n(-c3ccc(OC)cc3)c(=O)c2c1C. The first-order valence-corrected chi connectivity index (χ1v) is 9.79. The van der Waals surface area contributed by atoms with Crippen molar-refractivity contribution in [3.8, 4) is 11.4 Å². The molecule has 0 bridgehead atoms. The lowest BCUT2D eigenvalue weighted by molar-refractivity contribution is -0.142. The lowest BCUT2D eigenvalue weighted by atomic mass is 9.98. The molecule has 0 atom stereocenters. The minimum Gasteiger partial charge on any atom is -0.497 e. The fourth-order valence-corrected chi connectivity index (χ4v) is 3.52. The highest BCUT2D eigenvalue weighted by Crippen LogP contribution is 2.24. The van der Waals surface area contributed by atoms with Gasteiger partial charge in [-0.3, -0.25) is 14.2 Å². The fraction of sp³-hybridized carbons (Fsp3) is 0.304. The summed E-state index contributed by atoms with van der Waals surface area (Å²) in [5.74, 6) is -0.0801. The van der Waals surface area contributed by atoms with E-state index in [9.17, 15) is 14.4 Å². The van der Waals surface area contributed by atoms with Crippen LogP contribution in [0.25, 0.3) is 16.6 Å². The summed E-state index contributed by atoms with van der Waals surface area (Å²) < 4.78 is 16.9. The minimum absolute atomic E-state index is 0.176. The number of rotatable bonds is 6. The number of aryl methyl sites for hydroxylation is 2. The van der Waals surface area contributed by atoms with Crippen molar-refractivity contribution in [2.24, 2.45) is 0 Å². The van der Waals surface area contributed by atoms with Crippen LogP contribution in [0.2, 0.25) is 0 Å². The van der Waals surface area contributed by atoms with E-state index in [0.717, 1.165) is 0 Å². The Labute approximate surface area is 179 Å². The molecule has 0 fully saturated rings. The molecule has 0 aliphatic heterocycles. The Balaban J connectivity index is 2.33. The number of carbonyl (C=O) groups excluding carboxylic acids is 2. The highest BCUT2D eigenvalue weighted by molar-refractivity contribution is 5.99. The summed E-state index contributed by atoms with van der Waals surface area (Å²) >= 11 is 0. The summed E-state index contributed by atoms with van der Waals surface area (Å²) in [6, 6.07) is 8.52. The van der Waals surface area contributed by atoms with Crippen molar-refractivity contribution in [3.63, 3.8) is 0 Å². The van der Waals surface area contributed by atoms with E-state index < -0.39 is 11.9 Å². The van der Waals surface area contributed by atoms with E-state index in [-0.39, 0.29) is 24.6 Å². The van der Waals surface area contributed by atoms with Crippen LogP contribution in [0.3, 0.4) is 0 Å². The zero-order valence-electron chi connectivity index (χ0n) is 18.1. The molecule has 8 heteroatoms. The molecule has 3 aromatic rings. The van der Waals surface area contributed by atoms with E-state index in [0.29, 0.717) is 39.0 Å². The monoisotopic (exact) mass is 424 g/mol. The van der Waals surface area contributed by atoms with Crippen LogP contribution in [0.5, 0.6) is 5.75 Å². The van der Waals surface area contributed by atoms with E-state index in [2.05, 4.69) is 4.98 Å². The van der Waals surface area contributed by atoms with Gasteiger partial charge < -0.3 is 14.2 Å². The summed E-state index contributed by atoms with van der Waals surface area (Å²) in [4.78, 5) is 42.1. The predicted octanol–water partition coefficient (Wildman–Crippen LogP) is 3.25. The summed E-state index contributed by atoms with van der Waals surface area (Å²) in [7, 11) is 1.55. The number of fused-ring (bicyclic) bond motifs is 1. The molecule has 1 heterocycles. The van der Waals surface area contributed by atoms with E-state index in [1.807, 2.05) is 0 Å². The average molecular weight is 424 g/mol. The molecule has 8 nitrogen and oxygen atoms in total. The van der Waals surface area contributed by atoms with Gasteiger partial charge in [-0.15, -0.1) is 0 Å². The molecule has 0 amide bonds. The predicted molar refractivity (Wildman–Crippen MR) is 115 cm³/mol. The topological polar surface area (TPSA) is 96.7 Å². The highest BCUT2D eigenvalue weighted by atomic mass is 16.5. The Morgan fingerprint density at radius 1 is 1.10 bits per heavy atom. The van der Waals surface area contributed by atoms with Crippen molar-refractivity contribution in [3.05, 3.63) is 63.2 Å². The van der Waals surface area contributed by atoms with Crippen LogP contribution in [0.4, 0.5) is 0 Å². The second-order valence-electron chi connectivity index (χ2n) is 6.95. The lowest BCUT2D eigenvalue weighted by Crippen LogP contribution is -2.26. The number of aromatic nitrogens is 2. The molecule has 31 heavy (non-hydrogen) atoms. The molecule has 1 aromatic heterocycles. The third kappa shape index (κ3) is 4.28. The Bertz CT molecular complexity index is 1210. The zero-order valence-corrected chi connectivity index (χ0v) is 18.1. The molecule has 162 valence electrons. The van der Waals surface area contributed by atoms with Gasteiger partial charge in [0.05, 0.1) is 35.9 Å². The zero-order chi connectivity index (χ0) is 22.7. The molecular weight excluding hydrogens is 400 g/mol. The van der Waals surface area contributed by atoms with Crippen LogP contribution in [0, 0.1) is 13.8 Å². The Hall–Kier alpha value is -3.68. The lowest BCUT2D eigenvalue weighted by Gasteiger charge is -2.17. The molecule has 2 aromatic carbocycles. The van der Waals surface area contributed by atoms with Gasteiger partial charge in [0.15, 0.2) is 5.82 Å². The normalized spacial score (nSPS) is 10.7. The van der Waals surface area contributed by atoms with E-state index in [1.165, 1.54) is 11.5 Å². The van der Waals surface area contributed by atoms with Gasteiger partial charge >= 0.3 is 11.9 Å². The second-order valence-corrected chi connectivity index (χ2v) is 6.95. The first kappa shape index (κ1) is 22.0. The van der Waals surface area contributed by atoms with Crippen LogP contribution in [-0.4, -0.2) is 35.2 Å². The molecule has 0 spiro atoms. The van der Waals surface area contributed by atoms with Crippen LogP contribution in [0.15, 0.2) is 35.1 Å². The number of ether oxygens (including phenoxy) is 3. The molecule has 0 unspecified atom stereocenters. The van der Waals surface area contributed by atoms with E-state index >= 15 is 0 Å². The van der Waals surface area contributed by atoms with Gasteiger partial charge in [0, 0.05) is 6.92 Å². The number of hydrogen-bond acceptors (Lipinski definition) is 7. The molecule has 0 aliphatic carbocycles. The van der Waals surface area contributed by atoms with Crippen LogP contribution >= 0.6 is 0 Å². The molecule has 0 aliphatic rings. The van der Waals surface area contributed by atoms with Gasteiger partial charge in [0.25, 0.3) is 5.56 Å². The van der Waals surface area contributed by atoms with Gasteiger partial charge in [-0.2, -0.15) is 0 Å². The van der Waals surface area contributed by atoms with Gasteiger partial charge in [0.1, 0.15) is 12.4 Å². The van der Waals surface area contributed by atoms with Crippen LogP contribution in [0.1, 0.15) is 41.2 Å². The molecule has 0 N–H and O–H groups in total. The van der Waals surface area contributed by atoms with E-state index in [1.54, 1.807) is 58.2 Å². The van der Waals surface area contributed by atoms with Gasteiger partial charge in [-0.1, -0.05) is 0 Å². The fourth-order valence-electron chi connectivity index (χ4n) is 3.52. The summed E-state index contributed by atoms with van der Waals surface area (Å²) in [5.41, 5.74) is 2.06. The quantitative estimate of drug-likeness (QED) is 0.560. The van der Waals surface area contributed by atoms with Crippen molar-refractivity contribution >= 4 is 22.8 Å². The molecule has 0 saturated carbocycles. The molecular formula is C23H24N2O6. The van der Waals surface area contributed by atoms with Crippen molar-refractivity contribution < 1.29 is 23.8 Å². The highest BCUT2D eigenvalue weighted by Gasteiger charge is 2.22.